The van der Waals surface area contributed by atoms with Crippen molar-refractivity contribution in [3.05, 3.63) is 52.7 Å². The minimum atomic E-state index is -0.723. The van der Waals surface area contributed by atoms with Crippen LogP contribution in [0.3, 0.4) is 0 Å². The van der Waals surface area contributed by atoms with Crippen molar-refractivity contribution in [3.63, 3.8) is 0 Å². The van der Waals surface area contributed by atoms with E-state index >= 15 is 0 Å². The normalized spacial score (nSPS) is 12.1. The van der Waals surface area contributed by atoms with Gasteiger partial charge in [-0.2, -0.15) is 0 Å². The highest BCUT2D eigenvalue weighted by Crippen LogP contribution is 2.22. The van der Waals surface area contributed by atoms with E-state index in [-0.39, 0.29) is 12.3 Å². The number of hydrogen-bond acceptors (Lipinski definition) is 3. The first-order chi connectivity index (χ1) is 8.25. The molecule has 0 unspecified atom stereocenters. The second-order valence-corrected chi connectivity index (χ2v) is 4.63. The van der Waals surface area contributed by atoms with Gasteiger partial charge in [0.05, 0.1) is 12.5 Å². The van der Waals surface area contributed by atoms with Crippen LogP contribution in [0.1, 0.15) is 17.4 Å². The average molecular weight is 247 g/mol. The second-order valence-electron chi connectivity index (χ2n) is 3.65. The summed E-state index contributed by atoms with van der Waals surface area (Å²) in [6.45, 7) is 0. The van der Waals surface area contributed by atoms with E-state index in [1.807, 2.05) is 47.8 Å². The van der Waals surface area contributed by atoms with Crippen molar-refractivity contribution in [1.82, 2.24) is 0 Å². The molecule has 1 atom stereocenters. The maximum absolute atomic E-state index is 11.7. The Morgan fingerprint density at radius 2 is 2.00 bits per heavy atom. The van der Waals surface area contributed by atoms with E-state index in [0.717, 1.165) is 10.6 Å². The predicted molar refractivity (Wildman–Crippen MR) is 69.0 cm³/mol. The Labute approximate surface area is 104 Å². The molecule has 1 heterocycles. The van der Waals surface area contributed by atoms with Gasteiger partial charge in [-0.3, -0.25) is 4.79 Å². The molecule has 4 heteroatoms. The van der Waals surface area contributed by atoms with Crippen LogP contribution in [0.2, 0.25) is 0 Å². The zero-order chi connectivity index (χ0) is 12.1. The fourth-order valence-corrected chi connectivity index (χ4v) is 2.20. The number of thiophene rings is 1. The van der Waals surface area contributed by atoms with Crippen molar-refractivity contribution in [2.45, 2.75) is 12.5 Å². The molecular formula is C13H13NO2S. The Hall–Kier alpha value is -1.65. The number of nitrogens with one attached hydrogen (secondary N) is 1. The number of amides is 1. The third-order valence-electron chi connectivity index (χ3n) is 2.31. The van der Waals surface area contributed by atoms with E-state index in [2.05, 4.69) is 5.32 Å². The Morgan fingerprint density at radius 1 is 1.24 bits per heavy atom. The quantitative estimate of drug-likeness (QED) is 0.872. The molecule has 0 aliphatic heterocycles. The number of carbonyl (C=O) groups excluding carboxylic acids is 1. The van der Waals surface area contributed by atoms with Crippen LogP contribution in [0.15, 0.2) is 47.8 Å². The zero-order valence-corrected chi connectivity index (χ0v) is 9.98. The molecule has 0 bridgehead atoms. The summed E-state index contributed by atoms with van der Waals surface area (Å²) in [5, 5.41) is 14.4. The molecule has 0 saturated heterocycles. The molecule has 0 radical (unpaired) electrons. The van der Waals surface area contributed by atoms with Crippen LogP contribution in [0, 0.1) is 0 Å². The highest BCUT2D eigenvalue weighted by atomic mass is 32.1. The van der Waals surface area contributed by atoms with Crippen molar-refractivity contribution in [2.24, 2.45) is 0 Å². The maximum Gasteiger partial charge on any atom is 0.227 e. The molecule has 3 nitrogen and oxygen atoms in total. The summed E-state index contributed by atoms with van der Waals surface area (Å²) in [7, 11) is 0. The largest absolute Gasteiger partial charge is 0.387 e. The number of rotatable bonds is 4. The lowest BCUT2D eigenvalue weighted by molar-refractivity contribution is -0.118. The first-order valence-electron chi connectivity index (χ1n) is 5.32. The van der Waals surface area contributed by atoms with Gasteiger partial charge in [0, 0.05) is 10.6 Å². The molecule has 17 heavy (non-hydrogen) atoms. The summed E-state index contributed by atoms with van der Waals surface area (Å²) in [5.74, 6) is -0.183. The summed E-state index contributed by atoms with van der Waals surface area (Å²) >= 11 is 1.45. The minimum absolute atomic E-state index is 0.0788. The first-order valence-corrected chi connectivity index (χ1v) is 6.20. The van der Waals surface area contributed by atoms with Gasteiger partial charge in [-0.25, -0.2) is 0 Å². The van der Waals surface area contributed by atoms with E-state index in [4.69, 9.17) is 0 Å². The molecule has 0 aliphatic rings. The van der Waals surface area contributed by atoms with E-state index in [1.165, 1.54) is 11.3 Å². The van der Waals surface area contributed by atoms with Gasteiger partial charge in [-0.05, 0) is 23.6 Å². The second kappa shape index (κ2) is 5.61. The van der Waals surface area contributed by atoms with Crippen LogP contribution in [-0.2, 0) is 4.79 Å². The first kappa shape index (κ1) is 11.8. The van der Waals surface area contributed by atoms with Gasteiger partial charge in [0.1, 0.15) is 0 Å². The van der Waals surface area contributed by atoms with E-state index in [9.17, 15) is 9.90 Å². The number of aliphatic hydroxyl groups excluding tert-OH is 1. The van der Waals surface area contributed by atoms with E-state index in [0.29, 0.717) is 0 Å². The molecule has 2 N–H and O–H groups in total. The van der Waals surface area contributed by atoms with Gasteiger partial charge >= 0.3 is 0 Å². The molecule has 1 amide bonds. The van der Waals surface area contributed by atoms with Gasteiger partial charge in [-0.15, -0.1) is 11.3 Å². The van der Waals surface area contributed by atoms with Gasteiger partial charge in [0.15, 0.2) is 0 Å². The standard InChI is InChI=1S/C13H13NO2S/c15-11(12-7-4-8-17-12)9-13(16)14-10-5-2-1-3-6-10/h1-8,11,15H,9H2,(H,14,16)/t11-/m0/s1. The monoisotopic (exact) mass is 247 g/mol. The summed E-state index contributed by atoms with van der Waals surface area (Å²) in [6, 6.07) is 12.9. The Balaban J connectivity index is 1.90. The number of carbonyl (C=O) groups is 1. The number of hydrogen-bond donors (Lipinski definition) is 2. The lowest BCUT2D eigenvalue weighted by atomic mass is 10.2. The minimum Gasteiger partial charge on any atom is -0.387 e. The molecule has 2 rings (SSSR count). The van der Waals surface area contributed by atoms with Crippen molar-refractivity contribution in [1.29, 1.82) is 0 Å². The average Bonchev–Trinajstić information content (AvgIpc) is 2.83. The fraction of sp³-hybridized carbons (Fsp3) is 0.154. The van der Waals surface area contributed by atoms with Gasteiger partial charge in [-0.1, -0.05) is 24.3 Å². The smallest absolute Gasteiger partial charge is 0.227 e. The molecule has 0 aliphatic carbocycles. The van der Waals surface area contributed by atoms with Crippen molar-refractivity contribution in [2.75, 3.05) is 5.32 Å². The topological polar surface area (TPSA) is 49.3 Å². The third kappa shape index (κ3) is 3.41. The molecule has 0 spiro atoms. The van der Waals surface area contributed by atoms with Crippen molar-refractivity contribution >= 4 is 22.9 Å². The van der Waals surface area contributed by atoms with Crippen LogP contribution < -0.4 is 5.32 Å². The van der Waals surface area contributed by atoms with E-state index < -0.39 is 6.10 Å². The van der Waals surface area contributed by atoms with Gasteiger partial charge < -0.3 is 10.4 Å². The van der Waals surface area contributed by atoms with Crippen LogP contribution >= 0.6 is 11.3 Å². The number of anilines is 1. The SMILES string of the molecule is O=C(C[C@H](O)c1cccs1)Nc1ccccc1. The predicted octanol–water partition coefficient (Wildman–Crippen LogP) is 2.81. The summed E-state index contributed by atoms with van der Waals surface area (Å²) in [6.07, 6.45) is -0.645. The van der Waals surface area contributed by atoms with Gasteiger partial charge in [0.25, 0.3) is 0 Å². The van der Waals surface area contributed by atoms with E-state index in [1.54, 1.807) is 0 Å². The highest BCUT2D eigenvalue weighted by molar-refractivity contribution is 7.10. The number of benzene rings is 1. The molecule has 2 aromatic rings. The zero-order valence-electron chi connectivity index (χ0n) is 9.17. The van der Waals surface area contributed by atoms with Gasteiger partial charge in [0.2, 0.25) is 5.91 Å². The molecule has 0 saturated carbocycles. The molecular weight excluding hydrogens is 234 g/mol. The Bertz CT molecular complexity index is 467. The Morgan fingerprint density at radius 3 is 2.65 bits per heavy atom. The van der Waals surface area contributed by atoms with Crippen molar-refractivity contribution in [3.8, 4) is 0 Å². The maximum atomic E-state index is 11.7. The Kier molecular flexibility index (Phi) is 3.90. The molecule has 1 aromatic heterocycles. The van der Waals surface area contributed by atoms with Crippen LogP contribution in [-0.4, -0.2) is 11.0 Å². The van der Waals surface area contributed by atoms with Crippen LogP contribution in [0.4, 0.5) is 5.69 Å². The molecule has 1 aromatic carbocycles. The third-order valence-corrected chi connectivity index (χ3v) is 3.28. The summed E-state index contributed by atoms with van der Waals surface area (Å²) < 4.78 is 0. The summed E-state index contributed by atoms with van der Waals surface area (Å²) in [5.41, 5.74) is 0.746. The summed E-state index contributed by atoms with van der Waals surface area (Å²) in [4.78, 5) is 12.5. The highest BCUT2D eigenvalue weighted by Gasteiger charge is 2.13. The molecule has 0 fully saturated rings. The number of para-hydroxylation sites is 1. The lowest BCUT2D eigenvalue weighted by Crippen LogP contribution is -2.14. The van der Waals surface area contributed by atoms with Crippen molar-refractivity contribution < 1.29 is 9.90 Å². The lowest BCUT2D eigenvalue weighted by Gasteiger charge is -2.09. The van der Waals surface area contributed by atoms with Crippen LogP contribution in [0.25, 0.3) is 0 Å². The molecule has 88 valence electrons. The number of aliphatic hydroxyl groups is 1. The van der Waals surface area contributed by atoms with Crippen LogP contribution in [0.5, 0.6) is 0 Å². The fourth-order valence-electron chi connectivity index (χ4n) is 1.49.